The third kappa shape index (κ3) is 8.61. The predicted octanol–water partition coefficient (Wildman–Crippen LogP) is 5.31. The molecule has 0 amide bonds. The van der Waals surface area contributed by atoms with Crippen LogP contribution in [0.15, 0.2) is 0 Å². The van der Waals surface area contributed by atoms with E-state index in [0.717, 1.165) is 83.5 Å². The standard InChI is InChI=1S/C27H52O4/c1-26(2,18-28)16-6-10-22-14-12-20(24(22)30)8-5-9-21-13-15-23(25(21)31)11-7-17-27(3,4)19-29/h20-25,28-31H,5-19H2,1-4H3. The molecule has 0 saturated heterocycles. The van der Waals surface area contributed by atoms with Gasteiger partial charge in [-0.15, -0.1) is 0 Å². The van der Waals surface area contributed by atoms with Crippen LogP contribution >= 0.6 is 0 Å². The van der Waals surface area contributed by atoms with Gasteiger partial charge in [-0.05, 0) is 98.7 Å². The summed E-state index contributed by atoms with van der Waals surface area (Å²) in [5.41, 5.74) is -0.00402. The Morgan fingerprint density at radius 2 is 0.839 bits per heavy atom. The number of hydrogen-bond acceptors (Lipinski definition) is 4. The van der Waals surface area contributed by atoms with E-state index in [-0.39, 0.29) is 36.3 Å². The molecular weight excluding hydrogens is 388 g/mol. The van der Waals surface area contributed by atoms with Crippen molar-refractivity contribution in [3.63, 3.8) is 0 Å². The van der Waals surface area contributed by atoms with Crippen molar-refractivity contribution >= 4 is 0 Å². The van der Waals surface area contributed by atoms with Gasteiger partial charge in [-0.25, -0.2) is 0 Å². The fraction of sp³-hybridized carbons (Fsp3) is 1.00. The molecule has 0 bridgehead atoms. The number of aliphatic hydroxyl groups is 4. The SMILES string of the molecule is CC(C)(CO)CCCC1CCC(CCCC2CCC(CCCC(C)(C)CO)C2O)C1O. The maximum Gasteiger partial charge on any atom is 0.0596 e. The van der Waals surface area contributed by atoms with Gasteiger partial charge < -0.3 is 20.4 Å². The molecule has 6 unspecified atom stereocenters. The molecule has 0 aromatic rings. The van der Waals surface area contributed by atoms with Crippen molar-refractivity contribution in [2.24, 2.45) is 34.5 Å². The Kier molecular flexibility index (Phi) is 10.8. The maximum atomic E-state index is 10.8. The second-order valence-electron chi connectivity index (χ2n) is 12.5. The normalized spacial score (nSPS) is 32.1. The van der Waals surface area contributed by atoms with Crippen LogP contribution < -0.4 is 0 Å². The van der Waals surface area contributed by atoms with Gasteiger partial charge >= 0.3 is 0 Å². The van der Waals surface area contributed by atoms with E-state index in [9.17, 15) is 20.4 Å². The van der Waals surface area contributed by atoms with Crippen LogP contribution in [0.3, 0.4) is 0 Å². The minimum Gasteiger partial charge on any atom is -0.396 e. The van der Waals surface area contributed by atoms with Crippen LogP contribution in [0.1, 0.15) is 111 Å². The molecule has 31 heavy (non-hydrogen) atoms. The first kappa shape index (κ1) is 27.1. The smallest absolute Gasteiger partial charge is 0.0596 e. The van der Waals surface area contributed by atoms with Crippen molar-refractivity contribution in [3.8, 4) is 0 Å². The van der Waals surface area contributed by atoms with Gasteiger partial charge in [-0.3, -0.25) is 0 Å². The first-order chi connectivity index (χ1) is 14.6. The van der Waals surface area contributed by atoms with Crippen LogP contribution in [-0.2, 0) is 0 Å². The fourth-order valence-electron chi connectivity index (χ4n) is 6.06. The van der Waals surface area contributed by atoms with E-state index in [4.69, 9.17) is 0 Å². The third-order valence-electron chi connectivity index (χ3n) is 8.61. The summed E-state index contributed by atoms with van der Waals surface area (Å²) in [6, 6.07) is 0. The molecule has 0 aliphatic heterocycles. The Morgan fingerprint density at radius 3 is 1.13 bits per heavy atom. The molecule has 0 aromatic heterocycles. The second kappa shape index (κ2) is 12.3. The van der Waals surface area contributed by atoms with Crippen LogP contribution in [0.4, 0.5) is 0 Å². The van der Waals surface area contributed by atoms with Gasteiger partial charge in [0.25, 0.3) is 0 Å². The van der Waals surface area contributed by atoms with Crippen LogP contribution in [0, 0.1) is 34.5 Å². The highest BCUT2D eigenvalue weighted by Gasteiger charge is 2.36. The molecule has 2 saturated carbocycles. The lowest BCUT2D eigenvalue weighted by atomic mass is 9.85. The predicted molar refractivity (Wildman–Crippen MR) is 128 cm³/mol. The van der Waals surface area contributed by atoms with Gasteiger partial charge in [0, 0.05) is 13.2 Å². The van der Waals surface area contributed by atoms with Gasteiger partial charge in [0.15, 0.2) is 0 Å². The Morgan fingerprint density at radius 1 is 0.548 bits per heavy atom. The van der Waals surface area contributed by atoms with Crippen LogP contribution in [-0.4, -0.2) is 45.8 Å². The minimum absolute atomic E-state index is 0.00201. The average Bonchev–Trinajstić information content (AvgIpc) is 3.25. The van der Waals surface area contributed by atoms with Crippen LogP contribution in [0.25, 0.3) is 0 Å². The van der Waals surface area contributed by atoms with Crippen molar-refractivity contribution in [2.45, 2.75) is 123 Å². The minimum atomic E-state index is -0.159. The molecule has 0 aromatic carbocycles. The molecule has 4 N–H and O–H groups in total. The largest absolute Gasteiger partial charge is 0.396 e. The zero-order valence-corrected chi connectivity index (χ0v) is 20.9. The van der Waals surface area contributed by atoms with Crippen LogP contribution in [0.5, 0.6) is 0 Å². The lowest BCUT2D eigenvalue weighted by molar-refractivity contribution is 0.0679. The molecular formula is C27H52O4. The van der Waals surface area contributed by atoms with E-state index >= 15 is 0 Å². The molecule has 4 heteroatoms. The molecule has 0 heterocycles. The Balaban J connectivity index is 1.62. The van der Waals surface area contributed by atoms with Gasteiger partial charge in [0.2, 0.25) is 0 Å². The summed E-state index contributed by atoms with van der Waals surface area (Å²) >= 11 is 0. The Hall–Kier alpha value is -0.160. The molecule has 6 atom stereocenters. The van der Waals surface area contributed by atoms with Crippen molar-refractivity contribution in [1.82, 2.24) is 0 Å². The summed E-state index contributed by atoms with van der Waals surface area (Å²) in [5, 5.41) is 40.4. The summed E-state index contributed by atoms with van der Waals surface area (Å²) in [5.74, 6) is 1.74. The lowest BCUT2D eigenvalue weighted by Crippen LogP contribution is -2.24. The van der Waals surface area contributed by atoms with Crippen molar-refractivity contribution in [3.05, 3.63) is 0 Å². The number of hydrogen-bond donors (Lipinski definition) is 4. The first-order valence-electron chi connectivity index (χ1n) is 13.2. The quantitative estimate of drug-likeness (QED) is 0.295. The fourth-order valence-corrected chi connectivity index (χ4v) is 6.06. The summed E-state index contributed by atoms with van der Waals surface area (Å²) in [6.45, 7) is 8.91. The Labute approximate surface area is 191 Å². The zero-order chi connectivity index (χ0) is 23.1. The maximum absolute atomic E-state index is 10.8. The average molecular weight is 441 g/mol. The van der Waals surface area contributed by atoms with E-state index in [2.05, 4.69) is 27.7 Å². The van der Waals surface area contributed by atoms with E-state index < -0.39 is 0 Å². The summed E-state index contributed by atoms with van der Waals surface area (Å²) in [6.07, 6.45) is 14.0. The van der Waals surface area contributed by atoms with E-state index in [1.807, 2.05) is 0 Å². The van der Waals surface area contributed by atoms with E-state index in [0.29, 0.717) is 23.7 Å². The van der Waals surface area contributed by atoms with Crippen molar-refractivity contribution in [1.29, 1.82) is 0 Å². The molecule has 4 nitrogen and oxygen atoms in total. The van der Waals surface area contributed by atoms with Crippen molar-refractivity contribution < 1.29 is 20.4 Å². The molecule has 2 fully saturated rings. The zero-order valence-electron chi connectivity index (χ0n) is 20.9. The van der Waals surface area contributed by atoms with Gasteiger partial charge in [-0.1, -0.05) is 47.0 Å². The summed E-state index contributed by atoms with van der Waals surface area (Å²) in [4.78, 5) is 0. The van der Waals surface area contributed by atoms with Crippen molar-refractivity contribution in [2.75, 3.05) is 13.2 Å². The highest BCUT2D eigenvalue weighted by Crippen LogP contribution is 2.41. The summed E-state index contributed by atoms with van der Waals surface area (Å²) in [7, 11) is 0. The topological polar surface area (TPSA) is 80.9 Å². The van der Waals surface area contributed by atoms with Crippen LogP contribution in [0.2, 0.25) is 0 Å². The number of rotatable bonds is 14. The van der Waals surface area contributed by atoms with Gasteiger partial charge in [-0.2, -0.15) is 0 Å². The summed E-state index contributed by atoms with van der Waals surface area (Å²) < 4.78 is 0. The Bertz CT molecular complexity index is 459. The second-order valence-corrected chi connectivity index (χ2v) is 12.5. The highest BCUT2D eigenvalue weighted by molar-refractivity contribution is 4.87. The molecule has 2 rings (SSSR count). The van der Waals surface area contributed by atoms with E-state index in [1.165, 1.54) is 0 Å². The number of aliphatic hydroxyl groups excluding tert-OH is 4. The monoisotopic (exact) mass is 440 g/mol. The molecule has 184 valence electrons. The molecule has 2 aliphatic rings. The lowest BCUT2D eigenvalue weighted by Gasteiger charge is -2.25. The highest BCUT2D eigenvalue weighted by atomic mass is 16.3. The first-order valence-corrected chi connectivity index (χ1v) is 13.2. The third-order valence-corrected chi connectivity index (χ3v) is 8.61. The van der Waals surface area contributed by atoms with E-state index in [1.54, 1.807) is 0 Å². The molecule has 0 spiro atoms. The van der Waals surface area contributed by atoms with Gasteiger partial charge in [0.05, 0.1) is 12.2 Å². The molecule has 2 aliphatic carbocycles. The van der Waals surface area contributed by atoms with Gasteiger partial charge in [0.1, 0.15) is 0 Å². The molecule has 0 radical (unpaired) electrons.